The van der Waals surface area contributed by atoms with Gasteiger partial charge in [-0.3, -0.25) is 4.79 Å². The molecule has 3 rings (SSSR count). The normalized spacial score (nSPS) is 18.9. The molecule has 0 aliphatic carbocycles. The summed E-state index contributed by atoms with van der Waals surface area (Å²) in [6.45, 7) is 9.33. The van der Waals surface area contributed by atoms with Crippen LogP contribution >= 0.6 is 0 Å². The van der Waals surface area contributed by atoms with E-state index in [1.165, 1.54) is 0 Å². The predicted octanol–water partition coefficient (Wildman–Crippen LogP) is 1.17. The van der Waals surface area contributed by atoms with E-state index in [2.05, 4.69) is 25.5 Å². The van der Waals surface area contributed by atoms with Crippen molar-refractivity contribution >= 4 is 17.4 Å². The Morgan fingerprint density at radius 3 is 2.82 bits per heavy atom. The standard InChI is InChI=1S/C15H22N6O/c1-10-17-18-12-5-6-13(19-21(10)12)20-8-7-11(9-20)16-14(22)15(2,3)4/h5-6,11H,7-9H2,1-4H3,(H,16,22). The highest BCUT2D eigenvalue weighted by Gasteiger charge is 2.29. The van der Waals surface area contributed by atoms with E-state index in [1.807, 2.05) is 39.8 Å². The third-order valence-corrected chi connectivity index (χ3v) is 3.93. The summed E-state index contributed by atoms with van der Waals surface area (Å²) in [6.07, 6.45) is 0.933. The molecule has 2 aromatic heterocycles. The summed E-state index contributed by atoms with van der Waals surface area (Å²) in [7, 11) is 0. The van der Waals surface area contributed by atoms with Crippen LogP contribution in [0.4, 0.5) is 5.82 Å². The maximum absolute atomic E-state index is 12.1. The zero-order valence-corrected chi connectivity index (χ0v) is 13.5. The van der Waals surface area contributed by atoms with Crippen molar-refractivity contribution in [2.75, 3.05) is 18.0 Å². The Morgan fingerprint density at radius 2 is 2.09 bits per heavy atom. The number of anilines is 1. The maximum Gasteiger partial charge on any atom is 0.225 e. The van der Waals surface area contributed by atoms with Crippen molar-refractivity contribution in [2.24, 2.45) is 5.41 Å². The van der Waals surface area contributed by atoms with E-state index in [0.29, 0.717) is 0 Å². The van der Waals surface area contributed by atoms with Crippen LogP contribution in [0.25, 0.3) is 5.65 Å². The third-order valence-electron chi connectivity index (χ3n) is 3.93. The van der Waals surface area contributed by atoms with E-state index in [4.69, 9.17) is 0 Å². The predicted molar refractivity (Wildman–Crippen MR) is 83.7 cm³/mol. The zero-order valence-electron chi connectivity index (χ0n) is 13.5. The molecule has 1 aliphatic heterocycles. The minimum atomic E-state index is -0.357. The van der Waals surface area contributed by atoms with Gasteiger partial charge in [0.05, 0.1) is 0 Å². The highest BCUT2D eigenvalue weighted by atomic mass is 16.2. The van der Waals surface area contributed by atoms with Crippen LogP contribution in [0.15, 0.2) is 12.1 Å². The number of hydrogen-bond acceptors (Lipinski definition) is 5. The molecule has 2 aromatic rings. The Bertz CT molecular complexity index is 702. The molecule has 3 heterocycles. The number of fused-ring (bicyclic) bond motifs is 1. The van der Waals surface area contributed by atoms with E-state index in [1.54, 1.807) is 4.52 Å². The fraction of sp³-hybridized carbons (Fsp3) is 0.600. The molecular formula is C15H22N6O. The number of amides is 1. The van der Waals surface area contributed by atoms with Crippen molar-refractivity contribution in [1.82, 2.24) is 25.1 Å². The average molecular weight is 302 g/mol. The van der Waals surface area contributed by atoms with Crippen molar-refractivity contribution in [2.45, 2.75) is 40.2 Å². The molecule has 0 aromatic carbocycles. The van der Waals surface area contributed by atoms with E-state index in [-0.39, 0.29) is 17.4 Å². The molecule has 1 aliphatic rings. The number of aryl methyl sites for hydroxylation is 1. The minimum Gasteiger partial charge on any atom is -0.353 e. The molecule has 22 heavy (non-hydrogen) atoms. The Hall–Kier alpha value is -2.18. The molecule has 1 atom stereocenters. The molecule has 1 saturated heterocycles. The number of hydrogen-bond donors (Lipinski definition) is 1. The molecule has 0 radical (unpaired) electrons. The van der Waals surface area contributed by atoms with Crippen LogP contribution in [-0.2, 0) is 4.79 Å². The fourth-order valence-electron chi connectivity index (χ4n) is 2.54. The van der Waals surface area contributed by atoms with Gasteiger partial charge in [0.2, 0.25) is 5.91 Å². The zero-order chi connectivity index (χ0) is 15.9. The van der Waals surface area contributed by atoms with Crippen LogP contribution in [0, 0.1) is 12.3 Å². The van der Waals surface area contributed by atoms with E-state index in [9.17, 15) is 4.79 Å². The topological polar surface area (TPSA) is 75.4 Å². The lowest BCUT2D eigenvalue weighted by Crippen LogP contribution is -2.43. The lowest BCUT2D eigenvalue weighted by Gasteiger charge is -2.22. The van der Waals surface area contributed by atoms with Gasteiger partial charge in [0.15, 0.2) is 11.5 Å². The van der Waals surface area contributed by atoms with Crippen molar-refractivity contribution < 1.29 is 4.79 Å². The summed E-state index contributed by atoms with van der Waals surface area (Å²) < 4.78 is 1.75. The summed E-state index contributed by atoms with van der Waals surface area (Å²) >= 11 is 0. The third kappa shape index (κ3) is 2.75. The first-order valence-corrected chi connectivity index (χ1v) is 7.59. The fourth-order valence-corrected chi connectivity index (χ4v) is 2.54. The van der Waals surface area contributed by atoms with Gasteiger partial charge in [0.25, 0.3) is 0 Å². The van der Waals surface area contributed by atoms with Crippen LogP contribution in [0.2, 0.25) is 0 Å². The average Bonchev–Trinajstić information content (AvgIpc) is 3.05. The van der Waals surface area contributed by atoms with Gasteiger partial charge in [-0.25, -0.2) is 0 Å². The van der Waals surface area contributed by atoms with Gasteiger partial charge in [0, 0.05) is 24.5 Å². The monoisotopic (exact) mass is 302 g/mol. The quantitative estimate of drug-likeness (QED) is 0.901. The Balaban J connectivity index is 1.71. The Kier molecular flexibility index (Phi) is 3.50. The van der Waals surface area contributed by atoms with E-state index >= 15 is 0 Å². The molecule has 0 bridgehead atoms. The van der Waals surface area contributed by atoms with Crippen LogP contribution < -0.4 is 10.2 Å². The molecule has 7 nitrogen and oxygen atoms in total. The van der Waals surface area contributed by atoms with Crippen molar-refractivity contribution in [3.8, 4) is 0 Å². The van der Waals surface area contributed by atoms with Gasteiger partial charge >= 0.3 is 0 Å². The number of nitrogens with one attached hydrogen (secondary N) is 1. The van der Waals surface area contributed by atoms with Crippen molar-refractivity contribution in [3.05, 3.63) is 18.0 Å². The molecule has 0 spiro atoms. The lowest BCUT2D eigenvalue weighted by atomic mass is 9.95. The molecule has 1 fully saturated rings. The number of carbonyl (C=O) groups is 1. The second-order valence-electron chi connectivity index (χ2n) is 6.86. The first-order valence-electron chi connectivity index (χ1n) is 7.59. The SMILES string of the molecule is Cc1nnc2ccc(N3CCC(NC(=O)C(C)(C)C)C3)nn12. The maximum atomic E-state index is 12.1. The first-order chi connectivity index (χ1) is 10.3. The molecule has 118 valence electrons. The number of carbonyl (C=O) groups excluding carboxylic acids is 1. The highest BCUT2D eigenvalue weighted by molar-refractivity contribution is 5.81. The lowest BCUT2D eigenvalue weighted by molar-refractivity contribution is -0.129. The van der Waals surface area contributed by atoms with Gasteiger partial charge in [-0.15, -0.1) is 15.3 Å². The first kappa shape index (κ1) is 14.7. The van der Waals surface area contributed by atoms with Crippen LogP contribution in [0.5, 0.6) is 0 Å². The smallest absolute Gasteiger partial charge is 0.225 e. The van der Waals surface area contributed by atoms with Crippen molar-refractivity contribution in [1.29, 1.82) is 0 Å². The summed E-state index contributed by atoms with van der Waals surface area (Å²) in [5.41, 5.74) is 0.391. The van der Waals surface area contributed by atoms with Crippen LogP contribution in [0.3, 0.4) is 0 Å². The van der Waals surface area contributed by atoms with Crippen LogP contribution in [-0.4, -0.2) is 44.8 Å². The molecule has 0 saturated carbocycles. The minimum absolute atomic E-state index is 0.0948. The largest absolute Gasteiger partial charge is 0.353 e. The van der Waals surface area contributed by atoms with Gasteiger partial charge in [-0.1, -0.05) is 20.8 Å². The molecular weight excluding hydrogens is 280 g/mol. The van der Waals surface area contributed by atoms with Crippen molar-refractivity contribution in [3.63, 3.8) is 0 Å². The summed E-state index contributed by atoms with van der Waals surface area (Å²) in [6, 6.07) is 4.05. The summed E-state index contributed by atoms with van der Waals surface area (Å²) in [5, 5.41) is 15.8. The number of nitrogens with zero attached hydrogens (tertiary/aromatic N) is 5. The van der Waals surface area contributed by atoms with Crippen LogP contribution in [0.1, 0.15) is 33.0 Å². The Labute approximate surface area is 129 Å². The number of aromatic nitrogens is 4. The van der Waals surface area contributed by atoms with Gasteiger partial charge in [-0.05, 0) is 25.5 Å². The van der Waals surface area contributed by atoms with Gasteiger partial charge in [-0.2, -0.15) is 4.52 Å². The second kappa shape index (κ2) is 5.23. The summed E-state index contributed by atoms with van der Waals surface area (Å²) in [4.78, 5) is 14.3. The molecule has 1 N–H and O–H groups in total. The van der Waals surface area contributed by atoms with E-state index < -0.39 is 0 Å². The van der Waals surface area contributed by atoms with E-state index in [0.717, 1.165) is 36.8 Å². The van der Waals surface area contributed by atoms with Gasteiger partial charge in [0.1, 0.15) is 5.82 Å². The molecule has 7 heteroatoms. The molecule has 1 amide bonds. The summed E-state index contributed by atoms with van der Waals surface area (Å²) in [5.74, 6) is 1.76. The van der Waals surface area contributed by atoms with Gasteiger partial charge < -0.3 is 10.2 Å². The second-order valence-corrected chi connectivity index (χ2v) is 6.86. The molecule has 1 unspecified atom stereocenters. The highest BCUT2D eigenvalue weighted by Crippen LogP contribution is 2.20. The Morgan fingerprint density at radius 1 is 1.32 bits per heavy atom. The number of rotatable bonds is 2.